The molecule has 0 bridgehead atoms. The largest absolute Gasteiger partial charge is 0.485 e. The number of carbonyl (C=O) groups is 2. The molecule has 2 aromatic carbocycles. The van der Waals surface area contributed by atoms with E-state index < -0.39 is 12.1 Å². The Bertz CT molecular complexity index is 771. The fraction of sp³-hybridized carbons (Fsp3) is 0.176. The number of benzene rings is 2. The number of aryl methyl sites for hydroxylation is 1. The van der Waals surface area contributed by atoms with Crippen LogP contribution in [0.4, 0.5) is 5.69 Å². The molecule has 1 heterocycles. The molecule has 0 spiro atoms. The topological polar surface area (TPSA) is 84.9 Å². The van der Waals surface area contributed by atoms with Gasteiger partial charge in [0.25, 0.3) is 5.91 Å². The van der Waals surface area contributed by atoms with Gasteiger partial charge >= 0.3 is 5.97 Å². The van der Waals surface area contributed by atoms with Crippen LogP contribution in [-0.2, 0) is 4.79 Å². The number of rotatable bonds is 3. The van der Waals surface area contributed by atoms with Crippen molar-refractivity contribution in [1.29, 1.82) is 0 Å². The summed E-state index contributed by atoms with van der Waals surface area (Å²) < 4.78 is 11.1. The number of hydrogen-bond acceptors (Lipinski definition) is 4. The maximum atomic E-state index is 12.3. The Labute approximate surface area is 132 Å². The van der Waals surface area contributed by atoms with Crippen molar-refractivity contribution < 1.29 is 24.2 Å². The quantitative estimate of drug-likeness (QED) is 0.909. The highest BCUT2D eigenvalue weighted by Crippen LogP contribution is 2.31. The third-order valence-corrected chi connectivity index (χ3v) is 3.54. The second kappa shape index (κ2) is 6.00. The summed E-state index contributed by atoms with van der Waals surface area (Å²) in [5.74, 6) is -0.327. The van der Waals surface area contributed by atoms with Gasteiger partial charge in [0.15, 0.2) is 11.5 Å². The zero-order valence-electron chi connectivity index (χ0n) is 12.4. The molecule has 0 saturated heterocycles. The average molecular weight is 313 g/mol. The van der Waals surface area contributed by atoms with Crippen molar-refractivity contribution in [3.05, 3.63) is 53.6 Å². The SMILES string of the molecule is Cc1ccc(C(=O)O)cc1NC(=O)C1COc2ccccc2O1. The van der Waals surface area contributed by atoms with Crippen LogP contribution in [0, 0.1) is 6.92 Å². The molecule has 1 aliphatic rings. The van der Waals surface area contributed by atoms with Gasteiger partial charge < -0.3 is 19.9 Å². The predicted octanol–water partition coefficient (Wildman–Crippen LogP) is 2.47. The number of anilines is 1. The summed E-state index contributed by atoms with van der Waals surface area (Å²) in [4.78, 5) is 23.4. The van der Waals surface area contributed by atoms with Crippen LogP contribution in [-0.4, -0.2) is 29.7 Å². The summed E-state index contributed by atoms with van der Waals surface area (Å²) in [7, 11) is 0. The lowest BCUT2D eigenvalue weighted by Crippen LogP contribution is -2.40. The molecule has 1 unspecified atom stereocenters. The molecule has 0 aliphatic carbocycles. The van der Waals surface area contributed by atoms with Crippen molar-refractivity contribution in [3.8, 4) is 11.5 Å². The second-order valence-electron chi connectivity index (χ2n) is 5.19. The zero-order valence-corrected chi connectivity index (χ0v) is 12.4. The number of hydrogen-bond donors (Lipinski definition) is 2. The minimum Gasteiger partial charge on any atom is -0.485 e. The number of nitrogens with one attached hydrogen (secondary N) is 1. The number of fused-ring (bicyclic) bond motifs is 1. The highest BCUT2D eigenvalue weighted by molar-refractivity contribution is 5.97. The van der Waals surface area contributed by atoms with Crippen molar-refractivity contribution in [2.24, 2.45) is 0 Å². The molecule has 118 valence electrons. The van der Waals surface area contributed by atoms with Crippen LogP contribution >= 0.6 is 0 Å². The van der Waals surface area contributed by atoms with Gasteiger partial charge in [0.2, 0.25) is 6.10 Å². The zero-order chi connectivity index (χ0) is 16.4. The number of aromatic carboxylic acids is 1. The van der Waals surface area contributed by atoms with E-state index in [1.54, 1.807) is 31.2 Å². The van der Waals surface area contributed by atoms with Crippen LogP contribution in [0.1, 0.15) is 15.9 Å². The van der Waals surface area contributed by atoms with Crippen LogP contribution in [0.2, 0.25) is 0 Å². The van der Waals surface area contributed by atoms with E-state index in [0.29, 0.717) is 17.2 Å². The van der Waals surface area contributed by atoms with E-state index >= 15 is 0 Å². The van der Waals surface area contributed by atoms with E-state index in [9.17, 15) is 9.59 Å². The Morgan fingerprint density at radius 2 is 1.91 bits per heavy atom. The first kappa shape index (κ1) is 14.9. The lowest BCUT2D eigenvalue weighted by molar-refractivity contribution is -0.125. The average Bonchev–Trinajstić information content (AvgIpc) is 2.56. The Morgan fingerprint density at radius 3 is 2.65 bits per heavy atom. The van der Waals surface area contributed by atoms with E-state index in [-0.39, 0.29) is 18.1 Å². The van der Waals surface area contributed by atoms with Gasteiger partial charge in [0.05, 0.1) is 5.56 Å². The van der Waals surface area contributed by atoms with Gasteiger partial charge in [-0.2, -0.15) is 0 Å². The van der Waals surface area contributed by atoms with Crippen LogP contribution in [0.3, 0.4) is 0 Å². The first-order chi connectivity index (χ1) is 11.0. The lowest BCUT2D eigenvalue weighted by atomic mass is 10.1. The first-order valence-corrected chi connectivity index (χ1v) is 7.08. The molecule has 2 N–H and O–H groups in total. The summed E-state index contributed by atoms with van der Waals surface area (Å²) in [6, 6.07) is 11.7. The van der Waals surface area contributed by atoms with Gasteiger partial charge in [0, 0.05) is 5.69 Å². The maximum absolute atomic E-state index is 12.3. The minimum absolute atomic E-state index is 0.0977. The van der Waals surface area contributed by atoms with Crippen molar-refractivity contribution in [3.63, 3.8) is 0 Å². The molecule has 1 aliphatic heterocycles. The molecule has 1 atom stereocenters. The summed E-state index contributed by atoms with van der Waals surface area (Å²) >= 11 is 0. The monoisotopic (exact) mass is 313 g/mol. The minimum atomic E-state index is -1.05. The molecule has 23 heavy (non-hydrogen) atoms. The first-order valence-electron chi connectivity index (χ1n) is 7.08. The molecule has 0 saturated carbocycles. The number of carbonyl (C=O) groups excluding carboxylic acids is 1. The Morgan fingerprint density at radius 1 is 1.17 bits per heavy atom. The van der Waals surface area contributed by atoms with Gasteiger partial charge in [0.1, 0.15) is 6.61 Å². The smallest absolute Gasteiger partial charge is 0.335 e. The number of carboxylic acid groups (broad SMARTS) is 1. The maximum Gasteiger partial charge on any atom is 0.335 e. The molecule has 6 nitrogen and oxygen atoms in total. The van der Waals surface area contributed by atoms with E-state index in [1.165, 1.54) is 12.1 Å². The molecule has 0 fully saturated rings. The van der Waals surface area contributed by atoms with Gasteiger partial charge in [-0.1, -0.05) is 18.2 Å². The Kier molecular flexibility index (Phi) is 3.89. The van der Waals surface area contributed by atoms with Crippen LogP contribution in [0.15, 0.2) is 42.5 Å². The van der Waals surface area contributed by atoms with Crippen LogP contribution < -0.4 is 14.8 Å². The molecule has 1 amide bonds. The number of ether oxygens (including phenoxy) is 2. The van der Waals surface area contributed by atoms with Crippen LogP contribution in [0.5, 0.6) is 11.5 Å². The van der Waals surface area contributed by atoms with E-state index in [0.717, 1.165) is 5.56 Å². The fourth-order valence-electron chi connectivity index (χ4n) is 2.25. The lowest BCUT2D eigenvalue weighted by Gasteiger charge is -2.25. The van der Waals surface area contributed by atoms with Gasteiger partial charge in [-0.25, -0.2) is 4.79 Å². The molecule has 6 heteroatoms. The van der Waals surface area contributed by atoms with Crippen molar-refractivity contribution >= 4 is 17.6 Å². The molecular weight excluding hydrogens is 298 g/mol. The standard InChI is InChI=1S/C17H15NO5/c1-10-6-7-11(17(20)21)8-12(10)18-16(19)15-9-22-13-4-2-3-5-14(13)23-15/h2-8,15H,9H2,1H3,(H,18,19)(H,20,21). The summed E-state index contributed by atoms with van der Waals surface area (Å²) in [5.41, 5.74) is 1.31. The van der Waals surface area contributed by atoms with Crippen molar-refractivity contribution in [2.75, 3.05) is 11.9 Å². The predicted molar refractivity (Wildman–Crippen MR) is 83.1 cm³/mol. The van der Waals surface area contributed by atoms with E-state index in [1.807, 2.05) is 6.07 Å². The summed E-state index contributed by atoms with van der Waals surface area (Å²) in [5, 5.41) is 11.7. The summed E-state index contributed by atoms with van der Waals surface area (Å²) in [6.45, 7) is 1.88. The normalized spacial score (nSPS) is 15.8. The third-order valence-electron chi connectivity index (χ3n) is 3.54. The van der Waals surface area contributed by atoms with E-state index in [2.05, 4.69) is 5.32 Å². The molecule has 0 radical (unpaired) electrons. The molecule has 3 rings (SSSR count). The molecule has 2 aromatic rings. The molecular formula is C17H15NO5. The van der Waals surface area contributed by atoms with E-state index in [4.69, 9.17) is 14.6 Å². The van der Waals surface area contributed by atoms with Gasteiger partial charge in [-0.3, -0.25) is 4.79 Å². The Balaban J connectivity index is 1.75. The number of amides is 1. The number of para-hydroxylation sites is 2. The highest BCUT2D eigenvalue weighted by Gasteiger charge is 2.27. The Hall–Kier alpha value is -3.02. The van der Waals surface area contributed by atoms with Crippen molar-refractivity contribution in [1.82, 2.24) is 0 Å². The van der Waals surface area contributed by atoms with Gasteiger partial charge in [-0.15, -0.1) is 0 Å². The molecule has 0 aromatic heterocycles. The number of carboxylic acids is 1. The van der Waals surface area contributed by atoms with Crippen LogP contribution in [0.25, 0.3) is 0 Å². The fourth-order valence-corrected chi connectivity index (χ4v) is 2.25. The summed E-state index contributed by atoms with van der Waals surface area (Å²) in [6.07, 6.45) is -0.794. The third kappa shape index (κ3) is 3.11. The second-order valence-corrected chi connectivity index (χ2v) is 5.19. The van der Waals surface area contributed by atoms with Crippen molar-refractivity contribution in [2.45, 2.75) is 13.0 Å². The van der Waals surface area contributed by atoms with Gasteiger partial charge in [-0.05, 0) is 36.8 Å². The highest BCUT2D eigenvalue weighted by atomic mass is 16.6.